The highest BCUT2D eigenvalue weighted by Gasteiger charge is 1.75. The Hall–Kier alpha value is -0.0800. The van der Waals surface area contributed by atoms with Crippen LogP contribution in [-0.4, -0.2) is 13.2 Å². The molecule has 0 aromatic carbocycles. The van der Waals surface area contributed by atoms with E-state index in [1.165, 1.54) is 0 Å². The number of hydrogen-bond acceptors (Lipinski definition) is 2. The van der Waals surface area contributed by atoms with Gasteiger partial charge in [-0.2, -0.15) is 0 Å². The standard InChI is InChI=1S/C5H11NO/c1-3-5-6-7-4-2/h1,6H,3-5H2,2H3. The van der Waals surface area contributed by atoms with Crippen molar-refractivity contribution in [2.24, 2.45) is 0 Å². The molecule has 0 saturated carbocycles. The molecule has 0 aromatic heterocycles. The number of rotatable bonds is 4. The smallest absolute Gasteiger partial charge is 0.0653 e. The third-order valence-electron chi connectivity index (χ3n) is 0.493. The van der Waals surface area contributed by atoms with Crippen LogP contribution in [0.5, 0.6) is 0 Å². The monoisotopic (exact) mass is 101 g/mol. The molecule has 2 radical (unpaired) electrons. The average molecular weight is 101 g/mol. The number of nitrogens with one attached hydrogen (secondary N) is 1. The van der Waals surface area contributed by atoms with Crippen molar-refractivity contribution in [1.82, 2.24) is 5.48 Å². The predicted octanol–water partition coefficient (Wildman–Crippen LogP) is 0.629. The summed E-state index contributed by atoms with van der Waals surface area (Å²) in [5.41, 5.74) is 2.66. The van der Waals surface area contributed by atoms with Crippen molar-refractivity contribution in [2.75, 3.05) is 13.2 Å². The molecule has 0 aliphatic heterocycles. The molecule has 0 amide bonds. The lowest BCUT2D eigenvalue weighted by molar-refractivity contribution is 0.0522. The van der Waals surface area contributed by atoms with E-state index in [9.17, 15) is 0 Å². The van der Waals surface area contributed by atoms with Gasteiger partial charge in [-0.1, -0.05) is 0 Å². The minimum absolute atomic E-state index is 0.625. The Labute approximate surface area is 44.8 Å². The maximum absolute atomic E-state index is 5.13. The van der Waals surface area contributed by atoms with Gasteiger partial charge in [-0.05, 0) is 20.3 Å². The average Bonchev–Trinajstić information content (AvgIpc) is 1.69. The summed E-state index contributed by atoms with van der Waals surface area (Å²) in [6.45, 7) is 8.47. The summed E-state index contributed by atoms with van der Waals surface area (Å²) >= 11 is 0. The van der Waals surface area contributed by atoms with Crippen molar-refractivity contribution in [3.05, 3.63) is 6.92 Å². The van der Waals surface area contributed by atoms with E-state index in [1.807, 2.05) is 6.92 Å². The van der Waals surface area contributed by atoms with Crippen LogP contribution < -0.4 is 5.48 Å². The summed E-state index contributed by atoms with van der Waals surface area (Å²) in [7, 11) is 0. The Balaban J connectivity index is 2.45. The van der Waals surface area contributed by atoms with Crippen LogP contribution in [0.1, 0.15) is 13.3 Å². The SMILES string of the molecule is [CH]CCNOCC. The maximum Gasteiger partial charge on any atom is 0.0653 e. The van der Waals surface area contributed by atoms with Gasteiger partial charge in [-0.25, -0.2) is 5.48 Å². The second-order valence-corrected chi connectivity index (χ2v) is 1.12. The molecule has 0 saturated heterocycles. The molecule has 0 atom stereocenters. The van der Waals surface area contributed by atoms with Crippen molar-refractivity contribution >= 4 is 0 Å². The van der Waals surface area contributed by atoms with E-state index in [1.54, 1.807) is 0 Å². The molecule has 2 heteroatoms. The van der Waals surface area contributed by atoms with Crippen LogP contribution >= 0.6 is 0 Å². The molecular formula is C5H11NO. The molecule has 0 rings (SSSR count). The first kappa shape index (κ1) is 6.92. The largest absolute Gasteiger partial charge is 0.302 e. The van der Waals surface area contributed by atoms with Gasteiger partial charge in [0, 0.05) is 6.54 Å². The molecule has 7 heavy (non-hydrogen) atoms. The van der Waals surface area contributed by atoms with Gasteiger partial charge in [0.1, 0.15) is 0 Å². The third kappa shape index (κ3) is 5.92. The zero-order valence-electron chi connectivity index (χ0n) is 4.61. The van der Waals surface area contributed by atoms with Crippen LogP contribution in [0.4, 0.5) is 0 Å². The molecule has 0 aromatic rings. The first-order valence-electron chi connectivity index (χ1n) is 2.46. The maximum atomic E-state index is 5.13. The summed E-state index contributed by atoms with van der Waals surface area (Å²) in [5.74, 6) is 0. The van der Waals surface area contributed by atoms with E-state index in [0.29, 0.717) is 13.0 Å². The lowest BCUT2D eigenvalue weighted by Gasteiger charge is -1.97. The van der Waals surface area contributed by atoms with E-state index in [4.69, 9.17) is 11.8 Å². The summed E-state index contributed by atoms with van der Waals surface area (Å²) in [6, 6.07) is 0. The van der Waals surface area contributed by atoms with Gasteiger partial charge in [0.05, 0.1) is 6.61 Å². The van der Waals surface area contributed by atoms with Gasteiger partial charge in [0.15, 0.2) is 0 Å². The van der Waals surface area contributed by atoms with Crippen LogP contribution in [0.15, 0.2) is 0 Å². The summed E-state index contributed by atoms with van der Waals surface area (Å²) in [6.07, 6.45) is 0.625. The second kappa shape index (κ2) is 5.92. The summed E-state index contributed by atoms with van der Waals surface area (Å²) in [4.78, 5) is 4.74. The highest BCUT2D eigenvalue weighted by molar-refractivity contribution is 4.36. The molecule has 42 valence electrons. The zero-order valence-corrected chi connectivity index (χ0v) is 4.61. The highest BCUT2D eigenvalue weighted by Crippen LogP contribution is 1.68. The topological polar surface area (TPSA) is 21.3 Å². The normalized spacial score (nSPS) is 9.43. The Bertz CT molecular complexity index is 27.3. The molecule has 0 fully saturated rings. The van der Waals surface area contributed by atoms with Crippen molar-refractivity contribution in [1.29, 1.82) is 0 Å². The third-order valence-corrected chi connectivity index (χ3v) is 0.493. The molecule has 0 spiro atoms. The Morgan fingerprint density at radius 1 is 1.71 bits per heavy atom. The minimum atomic E-state index is 0.625. The molecule has 0 aliphatic carbocycles. The second-order valence-electron chi connectivity index (χ2n) is 1.12. The fraction of sp³-hybridized carbons (Fsp3) is 0.800. The first-order chi connectivity index (χ1) is 3.41. The summed E-state index contributed by atoms with van der Waals surface area (Å²) in [5, 5.41) is 0. The van der Waals surface area contributed by atoms with E-state index < -0.39 is 0 Å². The van der Waals surface area contributed by atoms with Gasteiger partial charge < -0.3 is 4.84 Å². The minimum Gasteiger partial charge on any atom is -0.302 e. The molecule has 2 nitrogen and oxygen atoms in total. The molecule has 0 heterocycles. The fourth-order valence-electron chi connectivity index (χ4n) is 0.233. The Kier molecular flexibility index (Phi) is 5.85. The molecule has 0 bridgehead atoms. The van der Waals surface area contributed by atoms with E-state index in [2.05, 4.69) is 5.48 Å². The molecule has 1 N–H and O–H groups in total. The molecular weight excluding hydrogens is 90.1 g/mol. The highest BCUT2D eigenvalue weighted by atomic mass is 16.6. The van der Waals surface area contributed by atoms with E-state index in [-0.39, 0.29) is 0 Å². The first-order valence-corrected chi connectivity index (χ1v) is 2.46. The van der Waals surface area contributed by atoms with Gasteiger partial charge in [-0.3, -0.25) is 0 Å². The number of hydroxylamine groups is 1. The van der Waals surface area contributed by atoms with Crippen molar-refractivity contribution in [3.8, 4) is 0 Å². The van der Waals surface area contributed by atoms with Gasteiger partial charge >= 0.3 is 0 Å². The van der Waals surface area contributed by atoms with Crippen molar-refractivity contribution < 1.29 is 4.84 Å². The number of hydrogen-bond donors (Lipinski definition) is 1. The molecule has 0 aliphatic rings. The predicted molar refractivity (Wildman–Crippen MR) is 28.5 cm³/mol. The quantitative estimate of drug-likeness (QED) is 0.414. The van der Waals surface area contributed by atoms with Gasteiger partial charge in [0.25, 0.3) is 0 Å². The Morgan fingerprint density at radius 3 is 2.86 bits per heavy atom. The van der Waals surface area contributed by atoms with Crippen LogP contribution in [0.2, 0.25) is 0 Å². The van der Waals surface area contributed by atoms with Crippen molar-refractivity contribution in [2.45, 2.75) is 13.3 Å². The van der Waals surface area contributed by atoms with Crippen LogP contribution in [-0.2, 0) is 4.84 Å². The van der Waals surface area contributed by atoms with E-state index in [0.717, 1.165) is 6.54 Å². The van der Waals surface area contributed by atoms with E-state index >= 15 is 0 Å². The van der Waals surface area contributed by atoms with Crippen LogP contribution in [0.25, 0.3) is 0 Å². The van der Waals surface area contributed by atoms with Crippen LogP contribution in [0, 0.1) is 6.92 Å². The lowest BCUT2D eigenvalue weighted by Crippen LogP contribution is -2.14. The van der Waals surface area contributed by atoms with Gasteiger partial charge in [-0.15, -0.1) is 0 Å². The fourth-order valence-corrected chi connectivity index (χ4v) is 0.233. The van der Waals surface area contributed by atoms with Gasteiger partial charge in [0.2, 0.25) is 0 Å². The Morgan fingerprint density at radius 2 is 2.43 bits per heavy atom. The lowest BCUT2D eigenvalue weighted by atomic mass is 10.5. The van der Waals surface area contributed by atoms with Crippen LogP contribution in [0.3, 0.4) is 0 Å². The summed E-state index contributed by atoms with van der Waals surface area (Å²) < 4.78 is 0. The zero-order chi connectivity index (χ0) is 5.54. The molecule has 0 unspecified atom stereocenters. The van der Waals surface area contributed by atoms with Crippen molar-refractivity contribution in [3.63, 3.8) is 0 Å².